The molecule has 22 heavy (non-hydrogen) atoms. The molecule has 0 aliphatic carbocycles. The van der Waals surface area contributed by atoms with E-state index in [1.807, 2.05) is 54.0 Å². The molecular weight excluding hydrogens is 278 g/mol. The van der Waals surface area contributed by atoms with Gasteiger partial charge in [0.2, 0.25) is 5.78 Å². The molecule has 1 aromatic carbocycles. The third-order valence-electron chi connectivity index (χ3n) is 4.01. The average molecular weight is 297 g/mol. The molecular formula is C18H19NO3. The largest absolute Gasteiger partial charge is 0.465 e. The fourth-order valence-corrected chi connectivity index (χ4v) is 2.92. The number of ether oxygens (including phenoxy) is 1. The Balaban J connectivity index is 1.84. The molecule has 0 unspecified atom stereocenters. The van der Waals surface area contributed by atoms with E-state index >= 15 is 0 Å². The number of carbonyl (C=O) groups excluding carboxylic acids is 2. The number of fused-ring (bicyclic) bond motifs is 1. The molecule has 0 fully saturated rings. The monoisotopic (exact) mass is 297 g/mol. The van der Waals surface area contributed by atoms with E-state index in [9.17, 15) is 9.59 Å². The van der Waals surface area contributed by atoms with E-state index in [0.717, 1.165) is 12.1 Å². The summed E-state index contributed by atoms with van der Waals surface area (Å²) in [6, 6.07) is 12.9. The maximum Gasteiger partial charge on any atom is 0.315 e. The lowest BCUT2D eigenvalue weighted by Crippen LogP contribution is -2.14. The first-order chi connectivity index (χ1) is 10.7. The van der Waals surface area contributed by atoms with Crippen molar-refractivity contribution >= 4 is 11.8 Å². The maximum atomic E-state index is 12.6. The molecule has 1 atom stereocenters. The van der Waals surface area contributed by atoms with Crippen molar-refractivity contribution in [3.8, 4) is 0 Å². The van der Waals surface area contributed by atoms with Crippen molar-refractivity contribution in [1.82, 2.24) is 4.57 Å². The van der Waals surface area contributed by atoms with Crippen molar-refractivity contribution in [2.45, 2.75) is 32.2 Å². The molecule has 0 radical (unpaired) electrons. The summed E-state index contributed by atoms with van der Waals surface area (Å²) in [5.74, 6) is -0.435. The molecule has 1 aliphatic heterocycles. The molecule has 1 aliphatic rings. The van der Waals surface area contributed by atoms with E-state index in [0.29, 0.717) is 30.8 Å². The minimum atomic E-state index is -0.246. The van der Waals surface area contributed by atoms with Gasteiger partial charge in [-0.15, -0.1) is 0 Å². The number of esters is 1. The summed E-state index contributed by atoms with van der Waals surface area (Å²) in [6.45, 7) is 3.11. The molecule has 0 saturated carbocycles. The number of aromatic nitrogens is 1. The summed E-state index contributed by atoms with van der Waals surface area (Å²) >= 11 is 0. The third-order valence-corrected chi connectivity index (χ3v) is 4.01. The van der Waals surface area contributed by atoms with Crippen molar-refractivity contribution < 1.29 is 14.3 Å². The van der Waals surface area contributed by atoms with E-state index in [1.165, 1.54) is 0 Å². The van der Waals surface area contributed by atoms with Crippen molar-refractivity contribution in [1.29, 1.82) is 0 Å². The second kappa shape index (κ2) is 6.18. The van der Waals surface area contributed by atoms with Gasteiger partial charge in [-0.3, -0.25) is 9.59 Å². The Labute approximate surface area is 129 Å². The Hall–Kier alpha value is -2.36. The van der Waals surface area contributed by atoms with Crippen LogP contribution in [0.2, 0.25) is 0 Å². The smallest absolute Gasteiger partial charge is 0.315 e. The van der Waals surface area contributed by atoms with Crippen LogP contribution < -0.4 is 0 Å². The van der Waals surface area contributed by atoms with Gasteiger partial charge in [0.05, 0.1) is 18.2 Å². The molecule has 0 amide bonds. The molecule has 1 aromatic heterocycles. The van der Waals surface area contributed by atoms with E-state index < -0.39 is 0 Å². The molecule has 2 aromatic rings. The number of ketones is 1. The van der Waals surface area contributed by atoms with Gasteiger partial charge in [0.15, 0.2) is 0 Å². The quantitative estimate of drug-likeness (QED) is 0.629. The predicted octanol–water partition coefficient (Wildman–Crippen LogP) is 3.16. The molecule has 0 N–H and O–H groups in total. The SMILES string of the molecule is CCCOC(=O)[C@@H]1CCn2c(C(=O)c3ccccc3)ccc21. The number of nitrogens with zero attached hydrogens (tertiary/aromatic N) is 1. The van der Waals surface area contributed by atoms with Gasteiger partial charge in [-0.05, 0) is 25.0 Å². The molecule has 4 heteroatoms. The first-order valence-corrected chi connectivity index (χ1v) is 7.68. The van der Waals surface area contributed by atoms with Crippen LogP contribution >= 0.6 is 0 Å². The number of hydrogen-bond donors (Lipinski definition) is 0. The Kier molecular flexibility index (Phi) is 4.09. The third kappa shape index (κ3) is 2.56. The molecule has 4 nitrogen and oxygen atoms in total. The van der Waals surface area contributed by atoms with Gasteiger partial charge in [-0.2, -0.15) is 0 Å². The van der Waals surface area contributed by atoms with Crippen molar-refractivity contribution in [3.63, 3.8) is 0 Å². The maximum absolute atomic E-state index is 12.6. The summed E-state index contributed by atoms with van der Waals surface area (Å²) in [5, 5.41) is 0. The number of benzene rings is 1. The highest BCUT2D eigenvalue weighted by atomic mass is 16.5. The Morgan fingerprint density at radius 1 is 1.18 bits per heavy atom. The number of hydrogen-bond acceptors (Lipinski definition) is 3. The number of carbonyl (C=O) groups is 2. The van der Waals surface area contributed by atoms with Crippen LogP contribution in [0.3, 0.4) is 0 Å². The van der Waals surface area contributed by atoms with Crippen LogP contribution in [0.15, 0.2) is 42.5 Å². The van der Waals surface area contributed by atoms with Crippen molar-refractivity contribution in [2.75, 3.05) is 6.61 Å². The first-order valence-electron chi connectivity index (χ1n) is 7.68. The van der Waals surface area contributed by atoms with E-state index in [4.69, 9.17) is 4.74 Å². The van der Waals surface area contributed by atoms with Gasteiger partial charge >= 0.3 is 5.97 Å². The van der Waals surface area contributed by atoms with Gasteiger partial charge in [0, 0.05) is 17.8 Å². The van der Waals surface area contributed by atoms with Crippen LogP contribution in [-0.2, 0) is 16.1 Å². The van der Waals surface area contributed by atoms with Crippen LogP contribution in [0, 0.1) is 0 Å². The first kappa shape index (κ1) is 14.6. The van der Waals surface area contributed by atoms with Crippen LogP contribution in [-0.4, -0.2) is 22.9 Å². The fraction of sp³-hybridized carbons (Fsp3) is 0.333. The Morgan fingerprint density at radius 3 is 2.68 bits per heavy atom. The molecule has 3 rings (SSSR count). The summed E-state index contributed by atoms with van der Waals surface area (Å²) in [7, 11) is 0. The Morgan fingerprint density at radius 2 is 1.95 bits per heavy atom. The topological polar surface area (TPSA) is 48.3 Å². The van der Waals surface area contributed by atoms with E-state index in [2.05, 4.69) is 0 Å². The highest BCUT2D eigenvalue weighted by Crippen LogP contribution is 2.32. The van der Waals surface area contributed by atoms with Crippen LogP contribution in [0.25, 0.3) is 0 Å². The molecule has 114 valence electrons. The normalized spacial score (nSPS) is 16.3. The van der Waals surface area contributed by atoms with Gasteiger partial charge in [0.1, 0.15) is 0 Å². The minimum absolute atomic E-state index is 0.00516. The molecule has 2 heterocycles. The average Bonchev–Trinajstić information content (AvgIpc) is 3.14. The zero-order chi connectivity index (χ0) is 15.5. The molecule has 0 spiro atoms. The Bertz CT molecular complexity index is 688. The lowest BCUT2D eigenvalue weighted by molar-refractivity contribution is -0.145. The van der Waals surface area contributed by atoms with E-state index in [1.54, 1.807) is 0 Å². The van der Waals surface area contributed by atoms with Crippen molar-refractivity contribution in [2.24, 2.45) is 0 Å². The lowest BCUT2D eigenvalue weighted by atomic mass is 10.1. The predicted molar refractivity (Wildman–Crippen MR) is 82.9 cm³/mol. The lowest BCUT2D eigenvalue weighted by Gasteiger charge is -2.09. The van der Waals surface area contributed by atoms with E-state index in [-0.39, 0.29) is 17.7 Å². The highest BCUT2D eigenvalue weighted by molar-refractivity contribution is 6.08. The van der Waals surface area contributed by atoms with Gasteiger partial charge < -0.3 is 9.30 Å². The summed E-state index contributed by atoms with van der Waals surface area (Å²) in [5.41, 5.74) is 2.20. The standard InChI is InChI=1S/C18H19NO3/c1-2-12-22-18(21)14-10-11-19-15(14)8-9-16(19)17(20)13-6-4-3-5-7-13/h3-9,14H,2,10-12H2,1H3/t14-/m1/s1. The summed E-state index contributed by atoms with van der Waals surface area (Å²) < 4.78 is 7.20. The zero-order valence-electron chi connectivity index (χ0n) is 12.6. The van der Waals surface area contributed by atoms with Gasteiger partial charge in [0.25, 0.3) is 0 Å². The van der Waals surface area contributed by atoms with Gasteiger partial charge in [-0.1, -0.05) is 37.3 Å². The summed E-state index contributed by atoms with van der Waals surface area (Å²) in [4.78, 5) is 24.7. The molecule has 0 saturated heterocycles. The van der Waals surface area contributed by atoms with Crippen LogP contribution in [0.5, 0.6) is 0 Å². The second-order valence-corrected chi connectivity index (χ2v) is 5.50. The summed E-state index contributed by atoms with van der Waals surface area (Å²) in [6.07, 6.45) is 1.52. The van der Waals surface area contributed by atoms with Gasteiger partial charge in [-0.25, -0.2) is 0 Å². The zero-order valence-corrected chi connectivity index (χ0v) is 12.6. The number of rotatable bonds is 5. The van der Waals surface area contributed by atoms with Crippen LogP contribution in [0.4, 0.5) is 0 Å². The van der Waals surface area contributed by atoms with Crippen molar-refractivity contribution in [3.05, 3.63) is 59.4 Å². The van der Waals surface area contributed by atoms with Crippen LogP contribution in [0.1, 0.15) is 47.4 Å². The highest BCUT2D eigenvalue weighted by Gasteiger charge is 2.32. The fourth-order valence-electron chi connectivity index (χ4n) is 2.92. The second-order valence-electron chi connectivity index (χ2n) is 5.50. The minimum Gasteiger partial charge on any atom is -0.465 e. The molecule has 0 bridgehead atoms.